The normalized spacial score (nSPS) is 13.2. The number of halogens is 1. The Kier molecular flexibility index (Phi) is 17.0. The maximum absolute atomic E-state index is 8.91. The van der Waals surface area contributed by atoms with Gasteiger partial charge < -0.3 is 5.11 Å². The molecule has 0 fully saturated rings. The van der Waals surface area contributed by atoms with Gasteiger partial charge in [0.25, 0.3) is 0 Å². The molecule has 0 aromatic rings. The first kappa shape index (κ1) is 20.0. The van der Waals surface area contributed by atoms with Gasteiger partial charge in [-0.3, -0.25) is 0 Å². The molecule has 0 aromatic heterocycles. The van der Waals surface area contributed by atoms with Crippen LogP contribution in [0.2, 0.25) is 0 Å². The standard InChI is InChI=1S/C18H35ClO/c1-2-3-4-5-6-7-8-9-10-11-12-13-14-15-16-17-18(19)20/h9-10,18,20H,2-8,11-17H2,1H3/b10-9-. The van der Waals surface area contributed by atoms with Gasteiger partial charge in [-0.1, -0.05) is 82.0 Å². The third kappa shape index (κ3) is 18.0. The van der Waals surface area contributed by atoms with Gasteiger partial charge in [-0.2, -0.15) is 0 Å². The van der Waals surface area contributed by atoms with Crippen molar-refractivity contribution in [3.8, 4) is 0 Å². The first-order chi connectivity index (χ1) is 9.77. The molecule has 0 rings (SSSR count). The summed E-state index contributed by atoms with van der Waals surface area (Å²) in [7, 11) is 0. The number of aliphatic hydroxyl groups is 1. The summed E-state index contributed by atoms with van der Waals surface area (Å²) in [5, 5.41) is 8.91. The third-order valence-electron chi connectivity index (χ3n) is 3.70. The molecule has 1 unspecified atom stereocenters. The minimum absolute atomic E-state index is 0.639. The SMILES string of the molecule is CCCCCCCC/C=C\CCCCCCCC(O)Cl. The van der Waals surface area contributed by atoms with Gasteiger partial charge in [0.05, 0.1) is 0 Å². The molecule has 0 spiro atoms. The van der Waals surface area contributed by atoms with Crippen molar-refractivity contribution in [1.82, 2.24) is 0 Å². The minimum Gasteiger partial charge on any atom is -0.378 e. The molecule has 0 aliphatic rings. The molecule has 0 bridgehead atoms. The van der Waals surface area contributed by atoms with Gasteiger partial charge in [-0.25, -0.2) is 0 Å². The largest absolute Gasteiger partial charge is 0.378 e. The average molecular weight is 303 g/mol. The van der Waals surface area contributed by atoms with Crippen LogP contribution in [0.25, 0.3) is 0 Å². The van der Waals surface area contributed by atoms with E-state index >= 15 is 0 Å². The molecule has 0 saturated carbocycles. The van der Waals surface area contributed by atoms with Gasteiger partial charge in [0, 0.05) is 0 Å². The van der Waals surface area contributed by atoms with E-state index in [1.54, 1.807) is 0 Å². The molecule has 0 amide bonds. The van der Waals surface area contributed by atoms with Gasteiger partial charge in [0.2, 0.25) is 0 Å². The summed E-state index contributed by atoms with van der Waals surface area (Å²) in [6, 6.07) is 0. The molecule has 0 aliphatic heterocycles. The Balaban J connectivity index is 3.05. The molecular weight excluding hydrogens is 268 g/mol. The number of allylic oxidation sites excluding steroid dienone is 2. The van der Waals surface area contributed by atoms with Crippen LogP contribution in [0.1, 0.15) is 96.8 Å². The van der Waals surface area contributed by atoms with Crippen molar-refractivity contribution in [2.24, 2.45) is 0 Å². The molecule has 1 atom stereocenters. The maximum Gasteiger partial charge on any atom is 0.128 e. The van der Waals surface area contributed by atoms with E-state index in [9.17, 15) is 0 Å². The van der Waals surface area contributed by atoms with E-state index in [0.29, 0.717) is 0 Å². The van der Waals surface area contributed by atoms with Gasteiger partial charge in [-0.05, 0) is 38.5 Å². The Bertz CT molecular complexity index is 202. The molecule has 0 aromatic carbocycles. The molecule has 0 aliphatic carbocycles. The van der Waals surface area contributed by atoms with E-state index < -0.39 is 5.56 Å². The highest BCUT2D eigenvalue weighted by molar-refractivity contribution is 6.19. The van der Waals surface area contributed by atoms with Crippen molar-refractivity contribution in [1.29, 1.82) is 0 Å². The lowest BCUT2D eigenvalue weighted by atomic mass is 10.1. The maximum atomic E-state index is 8.91. The topological polar surface area (TPSA) is 20.2 Å². The van der Waals surface area contributed by atoms with Crippen molar-refractivity contribution < 1.29 is 5.11 Å². The summed E-state index contributed by atoms with van der Waals surface area (Å²) in [5.74, 6) is 0. The van der Waals surface area contributed by atoms with Crippen LogP contribution in [0.5, 0.6) is 0 Å². The highest BCUT2D eigenvalue weighted by Gasteiger charge is 1.96. The summed E-state index contributed by atoms with van der Waals surface area (Å²) in [5.41, 5.74) is -0.639. The van der Waals surface area contributed by atoms with Crippen molar-refractivity contribution >= 4 is 11.6 Å². The molecule has 120 valence electrons. The van der Waals surface area contributed by atoms with E-state index in [-0.39, 0.29) is 0 Å². The molecule has 0 radical (unpaired) electrons. The highest BCUT2D eigenvalue weighted by Crippen LogP contribution is 2.11. The summed E-state index contributed by atoms with van der Waals surface area (Å²) >= 11 is 5.48. The predicted molar refractivity (Wildman–Crippen MR) is 91.3 cm³/mol. The van der Waals surface area contributed by atoms with Crippen LogP contribution in [-0.2, 0) is 0 Å². The Hall–Kier alpha value is -0.0100. The minimum atomic E-state index is -0.639. The lowest BCUT2D eigenvalue weighted by Crippen LogP contribution is -1.94. The zero-order chi connectivity index (χ0) is 14.9. The van der Waals surface area contributed by atoms with Gasteiger partial charge >= 0.3 is 0 Å². The number of aliphatic hydroxyl groups excluding tert-OH is 1. The molecule has 1 nitrogen and oxygen atoms in total. The number of hydrogen-bond acceptors (Lipinski definition) is 1. The number of rotatable bonds is 15. The number of unbranched alkanes of at least 4 members (excludes halogenated alkanes) is 11. The number of alkyl halides is 1. The second kappa shape index (κ2) is 17.0. The van der Waals surface area contributed by atoms with E-state index in [1.807, 2.05) is 0 Å². The van der Waals surface area contributed by atoms with Gasteiger partial charge in [-0.15, -0.1) is 0 Å². The quantitative estimate of drug-likeness (QED) is 0.206. The molecule has 20 heavy (non-hydrogen) atoms. The van der Waals surface area contributed by atoms with Crippen molar-refractivity contribution in [2.75, 3.05) is 0 Å². The lowest BCUT2D eigenvalue weighted by molar-refractivity contribution is 0.240. The van der Waals surface area contributed by atoms with Crippen LogP contribution in [0.15, 0.2) is 12.2 Å². The van der Waals surface area contributed by atoms with Crippen LogP contribution in [0.4, 0.5) is 0 Å². The van der Waals surface area contributed by atoms with E-state index in [0.717, 1.165) is 12.8 Å². The Morgan fingerprint density at radius 3 is 1.70 bits per heavy atom. The van der Waals surface area contributed by atoms with Crippen LogP contribution in [0.3, 0.4) is 0 Å². The second-order valence-corrected chi connectivity index (χ2v) is 6.31. The molecular formula is C18H35ClO. The van der Waals surface area contributed by atoms with Gasteiger partial charge in [0.1, 0.15) is 5.56 Å². The zero-order valence-corrected chi connectivity index (χ0v) is 14.2. The average Bonchev–Trinajstić information content (AvgIpc) is 2.43. The lowest BCUT2D eigenvalue weighted by Gasteiger charge is -2.01. The first-order valence-corrected chi connectivity index (χ1v) is 9.18. The van der Waals surface area contributed by atoms with E-state index in [1.165, 1.54) is 77.0 Å². The van der Waals surface area contributed by atoms with Gasteiger partial charge in [0.15, 0.2) is 0 Å². The fraction of sp³-hybridized carbons (Fsp3) is 0.889. The Morgan fingerprint density at radius 2 is 1.20 bits per heavy atom. The summed E-state index contributed by atoms with van der Waals surface area (Å²) in [6.07, 6.45) is 22.4. The smallest absolute Gasteiger partial charge is 0.128 e. The second-order valence-electron chi connectivity index (χ2n) is 5.81. The highest BCUT2D eigenvalue weighted by atomic mass is 35.5. The van der Waals surface area contributed by atoms with Crippen LogP contribution in [-0.4, -0.2) is 10.7 Å². The van der Waals surface area contributed by atoms with Crippen molar-refractivity contribution in [2.45, 2.75) is 102 Å². The van der Waals surface area contributed by atoms with Crippen molar-refractivity contribution in [3.05, 3.63) is 12.2 Å². The molecule has 0 heterocycles. The fourth-order valence-electron chi connectivity index (χ4n) is 2.38. The number of hydrogen-bond donors (Lipinski definition) is 1. The van der Waals surface area contributed by atoms with E-state index in [2.05, 4.69) is 19.1 Å². The Morgan fingerprint density at radius 1 is 0.750 bits per heavy atom. The Labute approximate surface area is 131 Å². The molecule has 0 saturated heterocycles. The van der Waals surface area contributed by atoms with Crippen LogP contribution in [0, 0.1) is 0 Å². The monoisotopic (exact) mass is 302 g/mol. The van der Waals surface area contributed by atoms with Crippen LogP contribution < -0.4 is 0 Å². The molecule has 2 heteroatoms. The molecule has 1 N–H and O–H groups in total. The summed E-state index contributed by atoms with van der Waals surface area (Å²) in [6.45, 7) is 2.27. The van der Waals surface area contributed by atoms with E-state index in [4.69, 9.17) is 16.7 Å². The zero-order valence-electron chi connectivity index (χ0n) is 13.5. The van der Waals surface area contributed by atoms with Crippen molar-refractivity contribution in [3.63, 3.8) is 0 Å². The summed E-state index contributed by atoms with van der Waals surface area (Å²) in [4.78, 5) is 0. The first-order valence-electron chi connectivity index (χ1n) is 8.74. The summed E-state index contributed by atoms with van der Waals surface area (Å²) < 4.78 is 0. The van der Waals surface area contributed by atoms with Crippen LogP contribution >= 0.6 is 11.6 Å². The predicted octanol–water partition coefficient (Wildman–Crippen LogP) is 6.58. The fourth-order valence-corrected chi connectivity index (χ4v) is 2.54. The third-order valence-corrected chi connectivity index (χ3v) is 3.92.